The van der Waals surface area contributed by atoms with Crippen LogP contribution in [0, 0.1) is 0 Å². The highest BCUT2D eigenvalue weighted by Crippen LogP contribution is 2.36. The fourth-order valence-corrected chi connectivity index (χ4v) is 2.90. The number of aliphatic carboxylic acids is 1. The third kappa shape index (κ3) is 3.42. The van der Waals surface area contributed by atoms with Crippen LogP contribution in [0.25, 0.3) is 0 Å². The van der Waals surface area contributed by atoms with E-state index in [9.17, 15) is 14.7 Å². The number of urea groups is 1. The lowest BCUT2D eigenvalue weighted by Gasteiger charge is -2.22. The lowest BCUT2D eigenvalue weighted by molar-refractivity contribution is -0.141. The Labute approximate surface area is 138 Å². The van der Waals surface area contributed by atoms with Gasteiger partial charge in [0.1, 0.15) is 6.04 Å². The molecule has 114 valence electrons. The Bertz CT molecular complexity index is 599. The molecule has 0 spiro atoms. The second kappa shape index (κ2) is 6.39. The molecule has 2 rings (SSSR count). The Morgan fingerprint density at radius 3 is 2.62 bits per heavy atom. The monoisotopic (exact) mass is 396 g/mol. The van der Waals surface area contributed by atoms with E-state index in [1.165, 1.54) is 0 Å². The van der Waals surface area contributed by atoms with E-state index in [4.69, 9.17) is 28.3 Å². The zero-order chi connectivity index (χ0) is 15.7. The SMILES string of the molecule is O=C(O)[C@@H]1C[C@@H](O)CN1C(=O)Nc1ccc(Br)c(Cl)c1Cl. The molecule has 1 aromatic carbocycles. The summed E-state index contributed by atoms with van der Waals surface area (Å²) in [6.07, 6.45) is -0.863. The number of carboxylic acids is 1. The average molecular weight is 398 g/mol. The van der Waals surface area contributed by atoms with Gasteiger partial charge in [-0.1, -0.05) is 23.2 Å². The predicted octanol–water partition coefficient (Wildman–Crippen LogP) is 2.81. The number of benzene rings is 1. The van der Waals surface area contributed by atoms with Crippen molar-refractivity contribution < 1.29 is 19.8 Å². The van der Waals surface area contributed by atoms with Gasteiger partial charge in [-0.05, 0) is 28.1 Å². The summed E-state index contributed by atoms with van der Waals surface area (Å²) in [5.74, 6) is -1.17. The van der Waals surface area contributed by atoms with Crippen LogP contribution in [0.5, 0.6) is 0 Å². The number of rotatable bonds is 2. The number of halogens is 3. The molecule has 0 unspecified atom stereocenters. The van der Waals surface area contributed by atoms with E-state index in [-0.39, 0.29) is 28.7 Å². The molecule has 6 nitrogen and oxygen atoms in total. The third-order valence-corrected chi connectivity index (χ3v) is 4.87. The van der Waals surface area contributed by atoms with Crippen molar-refractivity contribution >= 4 is 56.8 Å². The van der Waals surface area contributed by atoms with Crippen LogP contribution in [0.4, 0.5) is 10.5 Å². The summed E-state index contributed by atoms with van der Waals surface area (Å²) in [7, 11) is 0. The van der Waals surface area contributed by atoms with Crippen molar-refractivity contribution in [1.29, 1.82) is 0 Å². The first-order valence-corrected chi connectivity index (χ1v) is 7.48. The number of aliphatic hydroxyl groups excluding tert-OH is 1. The minimum absolute atomic E-state index is 0.00240. The number of β-amino-alcohol motifs (C(OH)–C–C–N with tert-alkyl or cyclic N) is 1. The van der Waals surface area contributed by atoms with Crippen LogP contribution >= 0.6 is 39.1 Å². The zero-order valence-corrected chi connectivity index (χ0v) is 13.6. The van der Waals surface area contributed by atoms with Crippen molar-refractivity contribution in [3.63, 3.8) is 0 Å². The number of nitrogens with zero attached hydrogens (tertiary/aromatic N) is 1. The van der Waals surface area contributed by atoms with Crippen molar-refractivity contribution in [3.8, 4) is 0 Å². The van der Waals surface area contributed by atoms with Gasteiger partial charge in [0.15, 0.2) is 0 Å². The van der Waals surface area contributed by atoms with E-state index in [0.717, 1.165) is 4.90 Å². The van der Waals surface area contributed by atoms with E-state index < -0.39 is 24.1 Å². The summed E-state index contributed by atoms with van der Waals surface area (Å²) in [4.78, 5) is 24.3. The summed E-state index contributed by atoms with van der Waals surface area (Å²) in [5, 5.41) is 21.5. The van der Waals surface area contributed by atoms with Gasteiger partial charge in [0.2, 0.25) is 0 Å². The maximum absolute atomic E-state index is 12.2. The van der Waals surface area contributed by atoms with Crippen molar-refractivity contribution in [3.05, 3.63) is 26.7 Å². The standard InChI is InChI=1S/C12H11BrCl2N2O4/c13-6-1-2-7(10(15)9(6)14)16-12(21)17-4-5(18)3-8(17)11(19)20/h1-2,5,8,18H,3-4H2,(H,16,21)(H,19,20)/t5-,8+/m1/s1. The molecule has 2 atom stereocenters. The van der Waals surface area contributed by atoms with E-state index in [1.807, 2.05) is 0 Å². The Balaban J connectivity index is 2.18. The fourth-order valence-electron chi connectivity index (χ4n) is 2.08. The number of amides is 2. The number of anilines is 1. The molecular weight excluding hydrogens is 387 g/mol. The van der Waals surface area contributed by atoms with E-state index in [0.29, 0.717) is 4.47 Å². The number of hydrogen-bond donors (Lipinski definition) is 3. The Hall–Kier alpha value is -1.02. The number of carbonyl (C=O) groups is 2. The van der Waals surface area contributed by atoms with Crippen LogP contribution in [-0.4, -0.2) is 45.8 Å². The first kappa shape index (κ1) is 16.4. The van der Waals surface area contributed by atoms with Crippen molar-refractivity contribution in [2.75, 3.05) is 11.9 Å². The Morgan fingerprint density at radius 2 is 2.00 bits per heavy atom. The molecule has 1 fully saturated rings. The first-order chi connectivity index (χ1) is 9.81. The molecule has 1 saturated heterocycles. The summed E-state index contributed by atoms with van der Waals surface area (Å²) in [6, 6.07) is 1.43. The smallest absolute Gasteiger partial charge is 0.326 e. The molecule has 1 heterocycles. The van der Waals surface area contributed by atoms with Gasteiger partial charge >= 0.3 is 12.0 Å². The van der Waals surface area contributed by atoms with Crippen LogP contribution < -0.4 is 5.32 Å². The second-order valence-corrected chi connectivity index (χ2v) is 6.16. The third-order valence-electron chi connectivity index (χ3n) is 3.10. The number of hydrogen-bond acceptors (Lipinski definition) is 3. The maximum atomic E-state index is 12.2. The molecule has 1 aromatic rings. The molecular formula is C12H11BrCl2N2O4. The summed E-state index contributed by atoms with van der Waals surface area (Å²) >= 11 is 15.2. The van der Waals surface area contributed by atoms with Gasteiger partial charge in [-0.25, -0.2) is 9.59 Å². The molecule has 0 bridgehead atoms. The van der Waals surface area contributed by atoms with E-state index >= 15 is 0 Å². The summed E-state index contributed by atoms with van der Waals surface area (Å²) in [6.45, 7) is -0.0509. The van der Waals surface area contributed by atoms with Crippen LogP contribution in [-0.2, 0) is 4.79 Å². The molecule has 1 aliphatic heterocycles. The number of carboxylic acid groups (broad SMARTS) is 1. The molecule has 0 radical (unpaired) electrons. The summed E-state index contributed by atoms with van der Waals surface area (Å²) < 4.78 is 0.576. The highest BCUT2D eigenvalue weighted by molar-refractivity contribution is 9.10. The molecule has 21 heavy (non-hydrogen) atoms. The molecule has 2 amide bonds. The summed E-state index contributed by atoms with van der Waals surface area (Å²) in [5.41, 5.74) is 0.264. The minimum Gasteiger partial charge on any atom is -0.480 e. The highest BCUT2D eigenvalue weighted by atomic mass is 79.9. The van der Waals surface area contributed by atoms with Crippen LogP contribution in [0.3, 0.4) is 0 Å². The Morgan fingerprint density at radius 1 is 1.33 bits per heavy atom. The van der Waals surface area contributed by atoms with Gasteiger partial charge < -0.3 is 20.4 Å². The van der Waals surface area contributed by atoms with Crippen LogP contribution in [0.1, 0.15) is 6.42 Å². The number of carbonyl (C=O) groups excluding carboxylic acids is 1. The lowest BCUT2D eigenvalue weighted by atomic mass is 10.2. The number of likely N-dealkylation sites (tertiary alicyclic amines) is 1. The van der Waals surface area contributed by atoms with E-state index in [1.54, 1.807) is 12.1 Å². The van der Waals surface area contributed by atoms with Crippen molar-refractivity contribution in [2.45, 2.75) is 18.6 Å². The lowest BCUT2D eigenvalue weighted by Crippen LogP contribution is -2.43. The highest BCUT2D eigenvalue weighted by Gasteiger charge is 2.39. The van der Waals surface area contributed by atoms with Gasteiger partial charge in [0.05, 0.1) is 21.8 Å². The molecule has 0 aliphatic carbocycles. The average Bonchev–Trinajstić information content (AvgIpc) is 2.82. The quantitative estimate of drug-likeness (QED) is 0.669. The van der Waals surface area contributed by atoms with Gasteiger partial charge in [-0.15, -0.1) is 0 Å². The van der Waals surface area contributed by atoms with Gasteiger partial charge in [0.25, 0.3) is 0 Å². The van der Waals surface area contributed by atoms with Crippen molar-refractivity contribution in [1.82, 2.24) is 4.90 Å². The fraction of sp³-hybridized carbons (Fsp3) is 0.333. The Kier molecular flexibility index (Phi) is 4.98. The molecule has 3 N–H and O–H groups in total. The van der Waals surface area contributed by atoms with Crippen molar-refractivity contribution in [2.24, 2.45) is 0 Å². The first-order valence-electron chi connectivity index (χ1n) is 5.93. The molecule has 9 heteroatoms. The minimum atomic E-state index is -1.17. The number of nitrogens with one attached hydrogen (secondary N) is 1. The predicted molar refractivity (Wildman–Crippen MR) is 81.9 cm³/mol. The largest absolute Gasteiger partial charge is 0.480 e. The van der Waals surface area contributed by atoms with Gasteiger partial charge in [0, 0.05) is 17.4 Å². The maximum Gasteiger partial charge on any atom is 0.326 e. The van der Waals surface area contributed by atoms with Gasteiger partial charge in [-0.2, -0.15) is 0 Å². The second-order valence-electron chi connectivity index (χ2n) is 4.55. The van der Waals surface area contributed by atoms with Crippen LogP contribution in [0.15, 0.2) is 16.6 Å². The number of aliphatic hydroxyl groups is 1. The van der Waals surface area contributed by atoms with Crippen LogP contribution in [0.2, 0.25) is 10.0 Å². The molecule has 0 saturated carbocycles. The normalized spacial score (nSPS) is 21.4. The molecule has 0 aromatic heterocycles. The topological polar surface area (TPSA) is 89.9 Å². The zero-order valence-electron chi connectivity index (χ0n) is 10.5. The van der Waals surface area contributed by atoms with Gasteiger partial charge in [-0.3, -0.25) is 0 Å². The van der Waals surface area contributed by atoms with E-state index in [2.05, 4.69) is 21.2 Å². The molecule has 1 aliphatic rings.